The first-order valence-corrected chi connectivity index (χ1v) is 11.7. The normalized spacial score (nSPS) is 18.2. The number of fused-ring (bicyclic) bond motifs is 1. The molecule has 1 aromatic heterocycles. The molecule has 0 radical (unpaired) electrons. The quantitative estimate of drug-likeness (QED) is 0.499. The number of hydrogen-bond acceptors (Lipinski definition) is 7. The van der Waals surface area contributed by atoms with E-state index in [1.54, 1.807) is 14.2 Å². The molecule has 0 bridgehead atoms. The summed E-state index contributed by atoms with van der Waals surface area (Å²) in [6.45, 7) is 1.83. The molecule has 1 saturated carbocycles. The molecule has 2 N–H and O–H groups in total. The van der Waals surface area contributed by atoms with Crippen LogP contribution in [0.15, 0.2) is 42.5 Å². The largest absolute Gasteiger partial charge is 0.497 e. The summed E-state index contributed by atoms with van der Waals surface area (Å²) >= 11 is 0. The number of nitrogens with zero attached hydrogens (tertiary/aromatic N) is 3. The summed E-state index contributed by atoms with van der Waals surface area (Å²) in [5, 5.41) is 8.30. The van der Waals surface area contributed by atoms with Gasteiger partial charge in [-0.3, -0.25) is 0 Å². The fourth-order valence-electron chi connectivity index (χ4n) is 4.55. The molecule has 33 heavy (non-hydrogen) atoms. The number of methoxy groups -OCH3 is 2. The van der Waals surface area contributed by atoms with E-state index in [-0.39, 0.29) is 0 Å². The number of benzene rings is 2. The standard InChI is InChI=1S/C26H35N5O2/c1-31(2)25-23-7-5-6-8-24(23)29-26(30-25)28-20-11-9-18(10-12-20)16-27-17-19-13-21(32-3)15-22(14-19)33-4/h5-8,13-15,18,20,27H,9-12,16-17H2,1-4H3,(H,28,29,30). The highest BCUT2D eigenvalue weighted by Gasteiger charge is 2.22. The van der Waals surface area contributed by atoms with Crippen molar-refractivity contribution < 1.29 is 9.47 Å². The molecule has 7 nitrogen and oxygen atoms in total. The van der Waals surface area contributed by atoms with Gasteiger partial charge in [-0.1, -0.05) is 12.1 Å². The van der Waals surface area contributed by atoms with Crippen molar-refractivity contribution in [3.63, 3.8) is 0 Å². The Hall–Kier alpha value is -3.06. The maximum atomic E-state index is 5.37. The van der Waals surface area contributed by atoms with Crippen LogP contribution in [0.5, 0.6) is 11.5 Å². The Kier molecular flexibility index (Phi) is 7.50. The highest BCUT2D eigenvalue weighted by Crippen LogP contribution is 2.28. The zero-order valence-electron chi connectivity index (χ0n) is 20.1. The van der Waals surface area contributed by atoms with Gasteiger partial charge in [0.1, 0.15) is 17.3 Å². The molecule has 1 fully saturated rings. The van der Waals surface area contributed by atoms with E-state index < -0.39 is 0 Å². The van der Waals surface area contributed by atoms with Crippen LogP contribution in [-0.2, 0) is 6.54 Å². The zero-order chi connectivity index (χ0) is 23.2. The predicted molar refractivity (Wildman–Crippen MR) is 134 cm³/mol. The van der Waals surface area contributed by atoms with Crippen molar-refractivity contribution in [1.82, 2.24) is 15.3 Å². The van der Waals surface area contributed by atoms with Crippen LogP contribution in [0.4, 0.5) is 11.8 Å². The number of ether oxygens (including phenoxy) is 2. The van der Waals surface area contributed by atoms with Crippen molar-refractivity contribution >= 4 is 22.7 Å². The third-order valence-electron chi connectivity index (χ3n) is 6.36. The van der Waals surface area contributed by atoms with Gasteiger partial charge in [0.15, 0.2) is 0 Å². The van der Waals surface area contributed by atoms with Gasteiger partial charge in [-0.25, -0.2) is 4.98 Å². The van der Waals surface area contributed by atoms with Crippen molar-refractivity contribution in [2.75, 3.05) is 45.1 Å². The molecule has 1 aliphatic rings. The van der Waals surface area contributed by atoms with Crippen molar-refractivity contribution in [3.05, 3.63) is 48.0 Å². The first-order valence-electron chi connectivity index (χ1n) is 11.7. The second-order valence-electron chi connectivity index (χ2n) is 9.00. The van der Waals surface area contributed by atoms with Crippen LogP contribution in [0.2, 0.25) is 0 Å². The van der Waals surface area contributed by atoms with Gasteiger partial charge < -0.3 is 25.0 Å². The van der Waals surface area contributed by atoms with Crippen LogP contribution in [-0.4, -0.2) is 50.9 Å². The van der Waals surface area contributed by atoms with Crippen molar-refractivity contribution in [3.8, 4) is 11.5 Å². The van der Waals surface area contributed by atoms with Gasteiger partial charge in [0.25, 0.3) is 0 Å². The smallest absolute Gasteiger partial charge is 0.225 e. The summed E-state index contributed by atoms with van der Waals surface area (Å²) in [4.78, 5) is 11.6. The van der Waals surface area contributed by atoms with Gasteiger partial charge in [0.05, 0.1) is 19.7 Å². The summed E-state index contributed by atoms with van der Waals surface area (Å²) in [6.07, 6.45) is 4.65. The van der Waals surface area contributed by atoms with E-state index in [9.17, 15) is 0 Å². The summed E-state index contributed by atoms with van der Waals surface area (Å²) in [7, 11) is 7.42. The number of para-hydroxylation sites is 1. The van der Waals surface area contributed by atoms with E-state index in [1.165, 1.54) is 18.4 Å². The molecule has 0 unspecified atom stereocenters. The van der Waals surface area contributed by atoms with E-state index in [0.29, 0.717) is 12.0 Å². The molecular formula is C26H35N5O2. The number of anilines is 2. The lowest BCUT2D eigenvalue weighted by molar-refractivity contribution is 0.323. The molecule has 1 heterocycles. The molecule has 0 aliphatic heterocycles. The second kappa shape index (κ2) is 10.7. The Labute approximate surface area is 196 Å². The Bertz CT molecular complexity index is 1040. The second-order valence-corrected chi connectivity index (χ2v) is 9.00. The molecule has 0 spiro atoms. The number of rotatable bonds is 9. The maximum absolute atomic E-state index is 5.37. The molecule has 0 amide bonds. The SMILES string of the molecule is COc1cc(CNCC2CCC(Nc3nc(N(C)C)c4ccccc4n3)CC2)cc(OC)c1. The lowest BCUT2D eigenvalue weighted by Gasteiger charge is -2.29. The lowest BCUT2D eigenvalue weighted by Crippen LogP contribution is -2.31. The molecule has 0 saturated heterocycles. The molecule has 2 aromatic carbocycles. The third kappa shape index (κ3) is 5.85. The van der Waals surface area contributed by atoms with Crippen LogP contribution in [0.1, 0.15) is 31.2 Å². The number of hydrogen-bond donors (Lipinski definition) is 2. The summed E-state index contributed by atoms with van der Waals surface area (Å²) < 4.78 is 10.7. The van der Waals surface area contributed by atoms with Crippen molar-refractivity contribution in [2.45, 2.75) is 38.3 Å². The third-order valence-corrected chi connectivity index (χ3v) is 6.36. The molecular weight excluding hydrogens is 414 g/mol. The van der Waals surface area contributed by atoms with E-state index >= 15 is 0 Å². The minimum Gasteiger partial charge on any atom is -0.497 e. The molecule has 4 rings (SSSR count). The average Bonchev–Trinajstić information content (AvgIpc) is 2.84. The predicted octanol–water partition coefficient (Wildman–Crippen LogP) is 4.47. The van der Waals surface area contributed by atoms with Gasteiger partial charge in [-0.05, 0) is 68.0 Å². The van der Waals surface area contributed by atoms with Crippen LogP contribution in [0, 0.1) is 5.92 Å². The van der Waals surface area contributed by atoms with Crippen molar-refractivity contribution in [2.24, 2.45) is 5.92 Å². The van der Waals surface area contributed by atoms with E-state index in [2.05, 4.69) is 39.8 Å². The van der Waals surface area contributed by atoms with E-state index in [4.69, 9.17) is 19.4 Å². The Morgan fingerprint density at radius 2 is 1.64 bits per heavy atom. The molecule has 3 aromatic rings. The Morgan fingerprint density at radius 1 is 0.939 bits per heavy atom. The first-order chi connectivity index (χ1) is 16.1. The fraction of sp³-hybridized carbons (Fsp3) is 0.462. The summed E-state index contributed by atoms with van der Waals surface area (Å²) in [6, 6.07) is 14.6. The van der Waals surface area contributed by atoms with Gasteiger partial charge in [0, 0.05) is 38.1 Å². The van der Waals surface area contributed by atoms with Crippen LogP contribution >= 0.6 is 0 Å². The van der Waals surface area contributed by atoms with Gasteiger partial charge in [-0.2, -0.15) is 4.98 Å². The minimum absolute atomic E-state index is 0.417. The number of nitrogens with one attached hydrogen (secondary N) is 2. The molecule has 0 atom stereocenters. The van der Waals surface area contributed by atoms with Crippen molar-refractivity contribution in [1.29, 1.82) is 0 Å². The van der Waals surface area contributed by atoms with E-state index in [1.807, 2.05) is 32.3 Å². The highest BCUT2D eigenvalue weighted by atomic mass is 16.5. The fourth-order valence-corrected chi connectivity index (χ4v) is 4.55. The van der Waals surface area contributed by atoms with Gasteiger partial charge in [0.2, 0.25) is 5.95 Å². The van der Waals surface area contributed by atoms with Crippen LogP contribution < -0.4 is 25.0 Å². The van der Waals surface area contributed by atoms with E-state index in [0.717, 1.165) is 60.1 Å². The zero-order valence-corrected chi connectivity index (χ0v) is 20.1. The first kappa shape index (κ1) is 23.1. The maximum Gasteiger partial charge on any atom is 0.225 e. The topological polar surface area (TPSA) is 71.5 Å². The lowest BCUT2D eigenvalue weighted by atomic mass is 9.86. The summed E-state index contributed by atoms with van der Waals surface area (Å²) in [5.41, 5.74) is 2.15. The highest BCUT2D eigenvalue weighted by molar-refractivity contribution is 5.90. The van der Waals surface area contributed by atoms with Gasteiger partial charge in [-0.15, -0.1) is 0 Å². The average molecular weight is 450 g/mol. The minimum atomic E-state index is 0.417. The van der Waals surface area contributed by atoms with Crippen LogP contribution in [0.3, 0.4) is 0 Å². The summed E-state index contributed by atoms with van der Waals surface area (Å²) in [5.74, 6) is 4.02. The molecule has 7 heteroatoms. The Balaban J connectivity index is 1.28. The van der Waals surface area contributed by atoms with Crippen LogP contribution in [0.25, 0.3) is 10.9 Å². The monoisotopic (exact) mass is 449 g/mol. The molecule has 1 aliphatic carbocycles. The Morgan fingerprint density at radius 3 is 2.30 bits per heavy atom. The molecule has 176 valence electrons. The van der Waals surface area contributed by atoms with Gasteiger partial charge >= 0.3 is 0 Å². The number of aromatic nitrogens is 2.